The number of aromatic nitrogens is 1. The number of carbonyl (C=O) groups is 1. The summed E-state index contributed by atoms with van der Waals surface area (Å²) in [6, 6.07) is 12.1. The van der Waals surface area contributed by atoms with Gasteiger partial charge in [-0.3, -0.25) is 4.79 Å². The van der Waals surface area contributed by atoms with Crippen molar-refractivity contribution in [2.24, 2.45) is 0 Å². The molecule has 1 amide bonds. The van der Waals surface area contributed by atoms with Crippen LogP contribution in [-0.4, -0.2) is 35.5 Å². The molecule has 29 heavy (non-hydrogen) atoms. The monoisotopic (exact) mass is 398 g/mol. The number of amides is 1. The fourth-order valence-corrected chi connectivity index (χ4v) is 3.27. The van der Waals surface area contributed by atoms with Crippen LogP contribution in [0.4, 0.5) is 8.78 Å². The van der Waals surface area contributed by atoms with E-state index in [-0.39, 0.29) is 24.0 Å². The van der Waals surface area contributed by atoms with E-state index in [4.69, 9.17) is 9.15 Å². The van der Waals surface area contributed by atoms with Crippen molar-refractivity contribution in [1.82, 2.24) is 9.88 Å². The number of halogens is 2. The SMILES string of the molecule is O=C(Cc1ccc(F)cc1)N1CCO[C@@H](c2ncc(Cc3ccc(F)cc3)o2)C1. The van der Waals surface area contributed by atoms with E-state index in [1.165, 1.54) is 24.3 Å². The topological polar surface area (TPSA) is 55.6 Å². The first-order valence-corrected chi connectivity index (χ1v) is 9.40. The summed E-state index contributed by atoms with van der Waals surface area (Å²) in [5, 5.41) is 0. The van der Waals surface area contributed by atoms with Crippen molar-refractivity contribution in [3.8, 4) is 0 Å². The van der Waals surface area contributed by atoms with Crippen molar-refractivity contribution >= 4 is 5.91 Å². The number of morpholine rings is 1. The zero-order valence-electron chi connectivity index (χ0n) is 15.7. The van der Waals surface area contributed by atoms with E-state index in [1.54, 1.807) is 35.4 Å². The van der Waals surface area contributed by atoms with Gasteiger partial charge in [0.05, 0.1) is 25.8 Å². The molecule has 0 N–H and O–H groups in total. The number of hydrogen-bond donors (Lipinski definition) is 0. The number of benzene rings is 2. The number of carbonyl (C=O) groups excluding carboxylic acids is 1. The van der Waals surface area contributed by atoms with E-state index in [0.29, 0.717) is 37.8 Å². The van der Waals surface area contributed by atoms with Gasteiger partial charge in [-0.15, -0.1) is 0 Å². The highest BCUT2D eigenvalue weighted by Gasteiger charge is 2.28. The molecular weight excluding hydrogens is 378 g/mol. The van der Waals surface area contributed by atoms with Gasteiger partial charge in [0.25, 0.3) is 0 Å². The first-order valence-electron chi connectivity index (χ1n) is 9.40. The van der Waals surface area contributed by atoms with E-state index in [9.17, 15) is 13.6 Å². The third-order valence-corrected chi connectivity index (χ3v) is 4.83. The Hall–Kier alpha value is -3.06. The summed E-state index contributed by atoms with van der Waals surface area (Å²) >= 11 is 0. The Kier molecular flexibility index (Phi) is 5.67. The highest BCUT2D eigenvalue weighted by atomic mass is 19.1. The van der Waals surface area contributed by atoms with E-state index in [2.05, 4.69) is 4.98 Å². The minimum Gasteiger partial charge on any atom is -0.442 e. The van der Waals surface area contributed by atoms with Crippen LogP contribution in [0.1, 0.15) is 28.9 Å². The lowest BCUT2D eigenvalue weighted by molar-refractivity contribution is -0.139. The molecule has 0 saturated carbocycles. The van der Waals surface area contributed by atoms with E-state index in [1.807, 2.05) is 0 Å². The number of oxazole rings is 1. The van der Waals surface area contributed by atoms with Crippen molar-refractivity contribution in [1.29, 1.82) is 0 Å². The maximum absolute atomic E-state index is 13.0. The van der Waals surface area contributed by atoms with Crippen LogP contribution >= 0.6 is 0 Å². The summed E-state index contributed by atoms with van der Waals surface area (Å²) in [5.41, 5.74) is 1.67. The quantitative estimate of drug-likeness (QED) is 0.658. The molecule has 1 fully saturated rings. The van der Waals surface area contributed by atoms with Crippen LogP contribution in [0.15, 0.2) is 59.1 Å². The van der Waals surface area contributed by atoms with Gasteiger partial charge in [0.15, 0.2) is 6.10 Å². The van der Waals surface area contributed by atoms with Crippen LogP contribution in [0.2, 0.25) is 0 Å². The Morgan fingerprint density at radius 2 is 1.69 bits per heavy atom. The lowest BCUT2D eigenvalue weighted by Gasteiger charge is -2.31. The highest BCUT2D eigenvalue weighted by Crippen LogP contribution is 2.23. The Bertz CT molecular complexity index is 970. The summed E-state index contributed by atoms with van der Waals surface area (Å²) in [4.78, 5) is 18.6. The number of ether oxygens (including phenoxy) is 1. The van der Waals surface area contributed by atoms with Crippen molar-refractivity contribution in [3.05, 3.63) is 89.1 Å². The van der Waals surface area contributed by atoms with Crippen molar-refractivity contribution in [3.63, 3.8) is 0 Å². The lowest BCUT2D eigenvalue weighted by Crippen LogP contribution is -2.43. The molecule has 4 rings (SSSR count). The van der Waals surface area contributed by atoms with Crippen LogP contribution in [0.3, 0.4) is 0 Å². The molecule has 0 unspecified atom stereocenters. The second-order valence-corrected chi connectivity index (χ2v) is 6.97. The van der Waals surface area contributed by atoms with Crippen LogP contribution in [0, 0.1) is 11.6 Å². The maximum Gasteiger partial charge on any atom is 0.227 e. The smallest absolute Gasteiger partial charge is 0.227 e. The minimum absolute atomic E-state index is 0.0528. The molecule has 0 bridgehead atoms. The summed E-state index contributed by atoms with van der Waals surface area (Å²) in [7, 11) is 0. The first-order chi connectivity index (χ1) is 14.1. The van der Waals surface area contributed by atoms with E-state index >= 15 is 0 Å². The minimum atomic E-state index is -0.442. The maximum atomic E-state index is 13.0. The summed E-state index contributed by atoms with van der Waals surface area (Å²) in [5.74, 6) is 0.398. The van der Waals surface area contributed by atoms with Gasteiger partial charge in [0.1, 0.15) is 17.4 Å². The molecule has 1 saturated heterocycles. The Morgan fingerprint density at radius 3 is 2.38 bits per heavy atom. The Balaban J connectivity index is 1.38. The summed E-state index contributed by atoms with van der Waals surface area (Å²) in [6.45, 7) is 1.21. The van der Waals surface area contributed by atoms with Crippen molar-refractivity contribution < 1.29 is 22.7 Å². The molecule has 0 radical (unpaired) electrons. The second kappa shape index (κ2) is 8.53. The molecule has 1 aliphatic rings. The molecular formula is C22H20F2N2O3. The third kappa shape index (κ3) is 4.86. The van der Waals surface area contributed by atoms with Gasteiger partial charge in [-0.1, -0.05) is 24.3 Å². The molecule has 150 valence electrons. The van der Waals surface area contributed by atoms with Crippen molar-refractivity contribution in [2.45, 2.75) is 18.9 Å². The van der Waals surface area contributed by atoms with Crippen LogP contribution in [-0.2, 0) is 22.4 Å². The molecule has 3 aromatic rings. The molecule has 2 aromatic carbocycles. The predicted octanol–water partition coefficient (Wildman–Crippen LogP) is 3.69. The summed E-state index contributed by atoms with van der Waals surface area (Å²) < 4.78 is 37.6. The Morgan fingerprint density at radius 1 is 1.03 bits per heavy atom. The lowest BCUT2D eigenvalue weighted by atomic mass is 10.1. The predicted molar refractivity (Wildman–Crippen MR) is 101 cm³/mol. The van der Waals surface area contributed by atoms with Gasteiger partial charge in [-0.2, -0.15) is 0 Å². The van der Waals surface area contributed by atoms with Gasteiger partial charge in [0.2, 0.25) is 11.8 Å². The third-order valence-electron chi connectivity index (χ3n) is 4.83. The molecule has 7 heteroatoms. The second-order valence-electron chi connectivity index (χ2n) is 6.97. The average Bonchev–Trinajstić information content (AvgIpc) is 3.20. The molecule has 2 heterocycles. The number of nitrogens with zero attached hydrogens (tertiary/aromatic N) is 2. The normalized spacial score (nSPS) is 16.8. The van der Waals surface area contributed by atoms with Crippen LogP contribution in [0.25, 0.3) is 0 Å². The largest absolute Gasteiger partial charge is 0.442 e. The van der Waals surface area contributed by atoms with Gasteiger partial charge in [0, 0.05) is 13.0 Å². The number of hydrogen-bond acceptors (Lipinski definition) is 4. The fraction of sp³-hybridized carbons (Fsp3) is 0.273. The fourth-order valence-electron chi connectivity index (χ4n) is 3.27. The van der Waals surface area contributed by atoms with E-state index < -0.39 is 6.10 Å². The van der Waals surface area contributed by atoms with Gasteiger partial charge in [-0.25, -0.2) is 13.8 Å². The molecule has 0 aliphatic carbocycles. The van der Waals surface area contributed by atoms with Gasteiger partial charge < -0.3 is 14.1 Å². The molecule has 1 aromatic heterocycles. The molecule has 1 atom stereocenters. The molecule has 5 nitrogen and oxygen atoms in total. The first kappa shape index (κ1) is 19.3. The molecule has 1 aliphatic heterocycles. The highest BCUT2D eigenvalue weighted by molar-refractivity contribution is 5.78. The van der Waals surface area contributed by atoms with Crippen molar-refractivity contribution in [2.75, 3.05) is 19.7 Å². The van der Waals surface area contributed by atoms with Crippen LogP contribution < -0.4 is 0 Å². The van der Waals surface area contributed by atoms with E-state index in [0.717, 1.165) is 11.1 Å². The Labute approximate surface area is 166 Å². The standard InChI is InChI=1S/C22H20F2N2O3/c23-17-5-1-15(2-6-17)11-19-13-25-22(29-19)20-14-26(9-10-28-20)21(27)12-16-3-7-18(24)8-4-16/h1-8,13,20H,9-12,14H2/t20-/m1/s1. The zero-order chi connectivity index (χ0) is 20.2. The molecule has 0 spiro atoms. The van der Waals surface area contributed by atoms with Gasteiger partial charge in [-0.05, 0) is 35.4 Å². The van der Waals surface area contributed by atoms with Crippen LogP contribution in [0.5, 0.6) is 0 Å². The average molecular weight is 398 g/mol. The number of rotatable bonds is 5. The summed E-state index contributed by atoms with van der Waals surface area (Å²) in [6.07, 6.45) is 1.88. The zero-order valence-corrected chi connectivity index (χ0v) is 15.7. The van der Waals surface area contributed by atoms with Gasteiger partial charge >= 0.3 is 0 Å².